The summed E-state index contributed by atoms with van der Waals surface area (Å²) >= 11 is 0. The van der Waals surface area contributed by atoms with E-state index >= 15 is 0 Å². The first-order valence-electron chi connectivity index (χ1n) is 4.90. The van der Waals surface area contributed by atoms with Crippen molar-refractivity contribution in [2.45, 2.75) is 19.9 Å². The molecule has 0 amide bonds. The van der Waals surface area contributed by atoms with Crippen LogP contribution in [0.3, 0.4) is 0 Å². The van der Waals surface area contributed by atoms with E-state index in [2.05, 4.69) is 11.9 Å². The monoisotopic (exact) mass is 211 g/mol. The minimum Gasteiger partial charge on any atom is -0.307 e. The SMILES string of the molecule is C=C(C)C(NCC)c1ccc(F)cc1F. The second-order valence-electron chi connectivity index (χ2n) is 3.50. The number of benzene rings is 1. The van der Waals surface area contributed by atoms with E-state index in [0.717, 1.165) is 11.6 Å². The van der Waals surface area contributed by atoms with Crippen molar-refractivity contribution < 1.29 is 8.78 Å². The molecule has 1 rings (SSSR count). The van der Waals surface area contributed by atoms with Crippen molar-refractivity contribution in [2.24, 2.45) is 0 Å². The third-order valence-electron chi connectivity index (χ3n) is 2.17. The molecule has 1 nitrogen and oxygen atoms in total. The second kappa shape index (κ2) is 5.03. The lowest BCUT2D eigenvalue weighted by atomic mass is 10.0. The van der Waals surface area contributed by atoms with Crippen LogP contribution in [0.15, 0.2) is 30.4 Å². The van der Waals surface area contributed by atoms with Crippen LogP contribution < -0.4 is 5.32 Å². The average Bonchev–Trinajstić information content (AvgIpc) is 2.15. The summed E-state index contributed by atoms with van der Waals surface area (Å²) in [7, 11) is 0. The topological polar surface area (TPSA) is 12.0 Å². The van der Waals surface area contributed by atoms with E-state index in [9.17, 15) is 8.78 Å². The number of halogens is 2. The molecular weight excluding hydrogens is 196 g/mol. The van der Waals surface area contributed by atoms with Gasteiger partial charge in [0.2, 0.25) is 0 Å². The van der Waals surface area contributed by atoms with E-state index < -0.39 is 11.6 Å². The van der Waals surface area contributed by atoms with Gasteiger partial charge < -0.3 is 5.32 Å². The van der Waals surface area contributed by atoms with Gasteiger partial charge in [0.15, 0.2) is 0 Å². The van der Waals surface area contributed by atoms with Gasteiger partial charge in [0, 0.05) is 11.6 Å². The quantitative estimate of drug-likeness (QED) is 0.754. The number of rotatable bonds is 4. The number of hydrogen-bond donors (Lipinski definition) is 1. The number of likely N-dealkylation sites (N-methyl/N-ethyl adjacent to an activating group) is 1. The fourth-order valence-corrected chi connectivity index (χ4v) is 1.49. The van der Waals surface area contributed by atoms with Crippen molar-refractivity contribution in [3.63, 3.8) is 0 Å². The third-order valence-corrected chi connectivity index (χ3v) is 2.17. The molecule has 0 spiro atoms. The Hall–Kier alpha value is -1.22. The van der Waals surface area contributed by atoms with Crippen LogP contribution in [0.1, 0.15) is 25.5 Å². The van der Waals surface area contributed by atoms with Gasteiger partial charge in [0.05, 0.1) is 6.04 Å². The molecule has 1 aromatic carbocycles. The summed E-state index contributed by atoms with van der Waals surface area (Å²) in [6.07, 6.45) is 0. The summed E-state index contributed by atoms with van der Waals surface area (Å²) in [4.78, 5) is 0. The Morgan fingerprint density at radius 3 is 2.60 bits per heavy atom. The zero-order valence-corrected chi connectivity index (χ0v) is 8.98. The van der Waals surface area contributed by atoms with Gasteiger partial charge in [0.1, 0.15) is 11.6 Å². The van der Waals surface area contributed by atoms with Crippen LogP contribution in [-0.4, -0.2) is 6.54 Å². The smallest absolute Gasteiger partial charge is 0.131 e. The molecule has 82 valence electrons. The van der Waals surface area contributed by atoms with Crippen LogP contribution in [0, 0.1) is 11.6 Å². The summed E-state index contributed by atoms with van der Waals surface area (Å²) in [6, 6.07) is 3.34. The molecule has 0 heterocycles. The van der Waals surface area contributed by atoms with Gasteiger partial charge in [0.25, 0.3) is 0 Å². The summed E-state index contributed by atoms with van der Waals surface area (Å²) < 4.78 is 26.2. The highest BCUT2D eigenvalue weighted by atomic mass is 19.1. The summed E-state index contributed by atoms with van der Waals surface area (Å²) in [5.74, 6) is -1.10. The van der Waals surface area contributed by atoms with Gasteiger partial charge in [-0.25, -0.2) is 8.78 Å². The van der Waals surface area contributed by atoms with Gasteiger partial charge >= 0.3 is 0 Å². The minimum absolute atomic E-state index is 0.254. The van der Waals surface area contributed by atoms with Gasteiger partial charge in [-0.3, -0.25) is 0 Å². The first-order valence-corrected chi connectivity index (χ1v) is 4.90. The summed E-state index contributed by atoms with van der Waals surface area (Å²) in [6.45, 7) is 8.24. The Labute approximate surface area is 88.8 Å². The summed E-state index contributed by atoms with van der Waals surface area (Å²) in [5.41, 5.74) is 1.24. The highest BCUT2D eigenvalue weighted by Crippen LogP contribution is 2.23. The molecule has 3 heteroatoms. The molecule has 1 N–H and O–H groups in total. The molecule has 0 aromatic heterocycles. The summed E-state index contributed by atoms with van der Waals surface area (Å²) in [5, 5.41) is 3.10. The van der Waals surface area contributed by atoms with Crippen molar-refractivity contribution in [3.05, 3.63) is 47.5 Å². The molecule has 1 atom stereocenters. The fraction of sp³-hybridized carbons (Fsp3) is 0.333. The predicted molar refractivity (Wildman–Crippen MR) is 57.6 cm³/mol. The third kappa shape index (κ3) is 2.86. The van der Waals surface area contributed by atoms with Crippen molar-refractivity contribution in [1.29, 1.82) is 0 Å². The van der Waals surface area contributed by atoms with E-state index in [1.54, 1.807) is 0 Å². The maximum absolute atomic E-state index is 13.5. The van der Waals surface area contributed by atoms with Crippen LogP contribution in [0.25, 0.3) is 0 Å². The Morgan fingerprint density at radius 2 is 2.13 bits per heavy atom. The van der Waals surface area contributed by atoms with Crippen molar-refractivity contribution in [2.75, 3.05) is 6.54 Å². The molecule has 0 bridgehead atoms. The molecule has 15 heavy (non-hydrogen) atoms. The maximum atomic E-state index is 13.5. The maximum Gasteiger partial charge on any atom is 0.131 e. The Bertz CT molecular complexity index is 361. The minimum atomic E-state index is -0.562. The number of nitrogens with one attached hydrogen (secondary N) is 1. The molecule has 1 aromatic rings. The molecule has 1 unspecified atom stereocenters. The lowest BCUT2D eigenvalue weighted by Gasteiger charge is -2.19. The van der Waals surface area contributed by atoms with E-state index in [1.165, 1.54) is 12.1 Å². The zero-order chi connectivity index (χ0) is 11.4. The molecule has 0 aliphatic heterocycles. The normalized spacial score (nSPS) is 12.5. The van der Waals surface area contributed by atoms with Crippen LogP contribution in [0.5, 0.6) is 0 Å². The predicted octanol–water partition coefficient (Wildman–Crippen LogP) is 3.19. The van der Waals surface area contributed by atoms with E-state index in [-0.39, 0.29) is 6.04 Å². The highest BCUT2D eigenvalue weighted by molar-refractivity contribution is 5.28. The van der Waals surface area contributed by atoms with Crippen LogP contribution in [0.4, 0.5) is 8.78 Å². The standard InChI is InChI=1S/C12H15F2N/c1-4-15-12(8(2)3)10-6-5-9(13)7-11(10)14/h5-7,12,15H,2,4H2,1,3H3. The second-order valence-corrected chi connectivity index (χ2v) is 3.50. The van der Waals surface area contributed by atoms with Crippen LogP contribution >= 0.6 is 0 Å². The first kappa shape index (κ1) is 11.9. The van der Waals surface area contributed by atoms with Crippen molar-refractivity contribution in [1.82, 2.24) is 5.32 Å². The lowest BCUT2D eigenvalue weighted by molar-refractivity contribution is 0.538. The number of hydrogen-bond acceptors (Lipinski definition) is 1. The fourth-order valence-electron chi connectivity index (χ4n) is 1.49. The molecule has 0 saturated carbocycles. The van der Waals surface area contributed by atoms with Crippen LogP contribution in [-0.2, 0) is 0 Å². The Kier molecular flexibility index (Phi) is 3.97. The van der Waals surface area contributed by atoms with E-state index in [1.807, 2.05) is 13.8 Å². The van der Waals surface area contributed by atoms with Crippen molar-refractivity contribution >= 4 is 0 Å². The average molecular weight is 211 g/mol. The molecule has 0 radical (unpaired) electrons. The Balaban J connectivity index is 3.05. The Morgan fingerprint density at radius 1 is 1.47 bits per heavy atom. The van der Waals surface area contributed by atoms with Gasteiger partial charge in [-0.1, -0.05) is 25.1 Å². The van der Waals surface area contributed by atoms with Crippen molar-refractivity contribution in [3.8, 4) is 0 Å². The zero-order valence-electron chi connectivity index (χ0n) is 8.98. The van der Waals surface area contributed by atoms with Gasteiger partial charge in [-0.05, 0) is 19.5 Å². The molecular formula is C12H15F2N. The lowest BCUT2D eigenvalue weighted by Crippen LogP contribution is -2.22. The molecule has 0 fully saturated rings. The molecule has 0 saturated heterocycles. The van der Waals surface area contributed by atoms with E-state index in [4.69, 9.17) is 0 Å². The highest BCUT2D eigenvalue weighted by Gasteiger charge is 2.15. The molecule has 0 aliphatic rings. The van der Waals surface area contributed by atoms with E-state index in [0.29, 0.717) is 12.1 Å². The largest absolute Gasteiger partial charge is 0.307 e. The first-order chi connectivity index (χ1) is 7.06. The van der Waals surface area contributed by atoms with Gasteiger partial charge in [-0.15, -0.1) is 0 Å². The molecule has 0 aliphatic carbocycles. The van der Waals surface area contributed by atoms with Gasteiger partial charge in [-0.2, -0.15) is 0 Å². The van der Waals surface area contributed by atoms with Crippen LogP contribution in [0.2, 0.25) is 0 Å².